The summed E-state index contributed by atoms with van der Waals surface area (Å²) in [4.78, 5) is 35.0. The number of hydrogen-bond donors (Lipinski definition) is 1. The number of pyridine rings is 1. The lowest BCUT2D eigenvalue weighted by molar-refractivity contribution is -0.116. The Bertz CT molecular complexity index is 1210. The van der Waals surface area contributed by atoms with Crippen molar-refractivity contribution in [2.24, 2.45) is 0 Å². The molecule has 136 valence electrons. The molecule has 1 amide bonds. The molecule has 1 aromatic carbocycles. The molecule has 0 aliphatic rings. The van der Waals surface area contributed by atoms with Crippen molar-refractivity contribution < 1.29 is 9.18 Å². The zero-order chi connectivity index (χ0) is 19.0. The van der Waals surface area contributed by atoms with Crippen molar-refractivity contribution >= 4 is 43.4 Å². The second kappa shape index (κ2) is 6.88. The van der Waals surface area contributed by atoms with E-state index < -0.39 is 0 Å². The topological polar surface area (TPSA) is 76.9 Å². The van der Waals surface area contributed by atoms with Gasteiger partial charge in [-0.25, -0.2) is 14.4 Å². The lowest BCUT2D eigenvalue weighted by atomic mass is 10.3. The highest BCUT2D eigenvalue weighted by Gasteiger charge is 2.17. The number of fused-ring (bicyclic) bond motifs is 3. The molecular formula is C19H15FN4O2S. The molecule has 3 aromatic heterocycles. The Hall–Kier alpha value is -3.13. The average molecular weight is 382 g/mol. The van der Waals surface area contributed by atoms with Crippen molar-refractivity contribution in [3.05, 3.63) is 64.6 Å². The van der Waals surface area contributed by atoms with Crippen LogP contribution < -0.4 is 10.9 Å². The average Bonchev–Trinajstić information content (AvgIpc) is 3.04. The van der Waals surface area contributed by atoms with E-state index in [1.807, 2.05) is 19.1 Å². The number of benzene rings is 1. The number of thiophene rings is 1. The van der Waals surface area contributed by atoms with Crippen molar-refractivity contribution in [1.82, 2.24) is 14.5 Å². The second-order valence-corrected chi connectivity index (χ2v) is 6.96. The summed E-state index contributed by atoms with van der Waals surface area (Å²) in [6.45, 7) is 1.72. The third-order valence-electron chi connectivity index (χ3n) is 4.18. The Morgan fingerprint density at radius 1 is 1.26 bits per heavy atom. The number of aromatic nitrogens is 3. The molecule has 8 heteroatoms. The summed E-state index contributed by atoms with van der Waals surface area (Å²) in [6.07, 6.45) is 2.18. The van der Waals surface area contributed by atoms with Gasteiger partial charge in [0.15, 0.2) is 0 Å². The van der Waals surface area contributed by atoms with Crippen LogP contribution in [0.5, 0.6) is 0 Å². The highest BCUT2D eigenvalue weighted by molar-refractivity contribution is 7.25. The van der Waals surface area contributed by atoms with E-state index in [9.17, 15) is 14.0 Å². The number of nitrogens with zero attached hydrogens (tertiary/aromatic N) is 3. The summed E-state index contributed by atoms with van der Waals surface area (Å²) in [5.74, 6) is -0.227. The van der Waals surface area contributed by atoms with Crippen LogP contribution in [0.25, 0.3) is 20.4 Å². The fourth-order valence-corrected chi connectivity index (χ4v) is 3.95. The quantitative estimate of drug-likeness (QED) is 0.587. The van der Waals surface area contributed by atoms with Crippen molar-refractivity contribution in [2.45, 2.75) is 19.9 Å². The molecule has 0 atom stereocenters. The first kappa shape index (κ1) is 17.3. The smallest absolute Gasteiger partial charge is 0.272 e. The summed E-state index contributed by atoms with van der Waals surface area (Å²) >= 11 is 1.27. The number of carbonyl (C=O) groups is 1. The third-order valence-corrected chi connectivity index (χ3v) is 5.27. The molecule has 4 rings (SSSR count). The Labute approximate surface area is 157 Å². The number of anilines is 1. The number of amides is 1. The van der Waals surface area contributed by atoms with Gasteiger partial charge in [0.2, 0.25) is 5.91 Å². The predicted octanol–water partition coefficient (Wildman–Crippen LogP) is 3.35. The van der Waals surface area contributed by atoms with Crippen LogP contribution in [0.2, 0.25) is 0 Å². The molecule has 0 aliphatic heterocycles. The molecule has 6 nitrogen and oxygen atoms in total. The molecule has 0 bridgehead atoms. The highest BCUT2D eigenvalue weighted by atomic mass is 32.1. The minimum Gasteiger partial charge on any atom is -0.325 e. The van der Waals surface area contributed by atoms with Crippen molar-refractivity contribution in [3.63, 3.8) is 0 Å². The number of carbonyl (C=O) groups excluding carboxylic acids is 1. The fraction of sp³-hybridized carbons (Fsp3) is 0.158. The summed E-state index contributed by atoms with van der Waals surface area (Å²) in [5, 5.41) is 3.51. The summed E-state index contributed by atoms with van der Waals surface area (Å²) in [6, 6.07) is 9.15. The van der Waals surface area contributed by atoms with E-state index in [1.165, 1.54) is 40.2 Å². The molecule has 0 spiro atoms. The van der Waals surface area contributed by atoms with Crippen LogP contribution in [-0.2, 0) is 17.8 Å². The maximum atomic E-state index is 13.0. The maximum absolute atomic E-state index is 13.0. The first-order chi connectivity index (χ1) is 13.1. The van der Waals surface area contributed by atoms with E-state index in [0.29, 0.717) is 28.1 Å². The van der Waals surface area contributed by atoms with Gasteiger partial charge in [0.25, 0.3) is 5.56 Å². The van der Waals surface area contributed by atoms with Crippen LogP contribution in [0, 0.1) is 5.82 Å². The zero-order valence-electron chi connectivity index (χ0n) is 14.4. The molecule has 0 fully saturated rings. The number of hydrogen-bond acceptors (Lipinski definition) is 5. The molecule has 3 heterocycles. The standard InChI is InChI=1S/C19H15FN4O2S/c1-2-14-23-16-13-4-3-9-21-18(13)27-17(16)19(26)24(14)10-15(25)22-12-7-5-11(20)6-8-12/h3-9H,2,10H2,1H3,(H,22,25). The van der Waals surface area contributed by atoms with E-state index in [2.05, 4.69) is 15.3 Å². The maximum Gasteiger partial charge on any atom is 0.272 e. The third kappa shape index (κ3) is 3.19. The largest absolute Gasteiger partial charge is 0.325 e. The second-order valence-electron chi connectivity index (χ2n) is 5.96. The van der Waals surface area contributed by atoms with Gasteiger partial charge >= 0.3 is 0 Å². The zero-order valence-corrected chi connectivity index (χ0v) is 15.2. The monoisotopic (exact) mass is 382 g/mol. The summed E-state index contributed by atoms with van der Waals surface area (Å²) in [5.41, 5.74) is 0.835. The van der Waals surface area contributed by atoms with Gasteiger partial charge in [0.05, 0.1) is 5.52 Å². The van der Waals surface area contributed by atoms with Crippen LogP contribution in [0.15, 0.2) is 47.4 Å². The first-order valence-corrected chi connectivity index (χ1v) is 9.21. The van der Waals surface area contributed by atoms with Gasteiger partial charge in [0, 0.05) is 23.7 Å². The van der Waals surface area contributed by atoms with E-state index in [1.54, 1.807) is 6.20 Å². The first-order valence-electron chi connectivity index (χ1n) is 8.39. The molecular weight excluding hydrogens is 367 g/mol. The minimum atomic E-state index is -0.384. The number of rotatable bonds is 4. The van der Waals surface area contributed by atoms with E-state index >= 15 is 0 Å². The lowest BCUT2D eigenvalue weighted by Crippen LogP contribution is -2.30. The normalized spacial score (nSPS) is 11.2. The number of halogens is 1. The molecule has 0 unspecified atom stereocenters. The Balaban J connectivity index is 1.73. The van der Waals surface area contributed by atoms with Crippen molar-refractivity contribution in [2.75, 3.05) is 5.32 Å². The SMILES string of the molecule is CCc1nc2c(sc3ncccc32)c(=O)n1CC(=O)Nc1ccc(F)cc1. The van der Waals surface area contributed by atoms with Gasteiger partial charge in [-0.05, 0) is 36.4 Å². The summed E-state index contributed by atoms with van der Waals surface area (Å²) < 4.78 is 14.9. The summed E-state index contributed by atoms with van der Waals surface area (Å²) in [7, 11) is 0. The van der Waals surface area contributed by atoms with Crippen molar-refractivity contribution in [1.29, 1.82) is 0 Å². The van der Waals surface area contributed by atoms with Crippen LogP contribution in [0.1, 0.15) is 12.7 Å². The van der Waals surface area contributed by atoms with Gasteiger partial charge in [-0.1, -0.05) is 6.92 Å². The lowest BCUT2D eigenvalue weighted by Gasteiger charge is -2.11. The number of nitrogens with one attached hydrogen (secondary N) is 1. The molecule has 0 saturated heterocycles. The minimum absolute atomic E-state index is 0.163. The van der Waals surface area contributed by atoms with Gasteiger partial charge in [-0.3, -0.25) is 14.2 Å². The van der Waals surface area contributed by atoms with Gasteiger partial charge < -0.3 is 5.32 Å². The fourth-order valence-electron chi connectivity index (χ4n) is 2.92. The molecule has 0 saturated carbocycles. The molecule has 0 aliphatic carbocycles. The van der Waals surface area contributed by atoms with E-state index in [4.69, 9.17) is 0 Å². The number of aryl methyl sites for hydroxylation is 1. The van der Waals surface area contributed by atoms with Gasteiger partial charge in [0.1, 0.15) is 27.7 Å². The van der Waals surface area contributed by atoms with Crippen LogP contribution in [0.3, 0.4) is 0 Å². The van der Waals surface area contributed by atoms with Gasteiger partial charge in [-0.2, -0.15) is 0 Å². The van der Waals surface area contributed by atoms with E-state index in [-0.39, 0.29) is 23.8 Å². The van der Waals surface area contributed by atoms with Crippen LogP contribution >= 0.6 is 11.3 Å². The highest BCUT2D eigenvalue weighted by Crippen LogP contribution is 2.28. The Kier molecular flexibility index (Phi) is 4.41. The van der Waals surface area contributed by atoms with Gasteiger partial charge in [-0.15, -0.1) is 11.3 Å². The predicted molar refractivity (Wildman–Crippen MR) is 104 cm³/mol. The van der Waals surface area contributed by atoms with Crippen molar-refractivity contribution in [3.8, 4) is 0 Å². The molecule has 4 aromatic rings. The molecule has 27 heavy (non-hydrogen) atoms. The van der Waals surface area contributed by atoms with Crippen LogP contribution in [-0.4, -0.2) is 20.4 Å². The Morgan fingerprint density at radius 2 is 2.04 bits per heavy atom. The molecule has 0 radical (unpaired) electrons. The molecule has 1 N–H and O–H groups in total. The Morgan fingerprint density at radius 3 is 2.78 bits per heavy atom. The van der Waals surface area contributed by atoms with E-state index in [0.717, 1.165) is 10.2 Å². The van der Waals surface area contributed by atoms with Crippen LogP contribution in [0.4, 0.5) is 10.1 Å².